The van der Waals surface area contributed by atoms with E-state index in [1.165, 1.54) is 12.4 Å². The van der Waals surface area contributed by atoms with Crippen molar-refractivity contribution in [2.75, 3.05) is 48.9 Å². The second-order valence-corrected chi connectivity index (χ2v) is 9.55. The highest BCUT2D eigenvalue weighted by molar-refractivity contribution is 7.19. The van der Waals surface area contributed by atoms with Crippen molar-refractivity contribution in [1.82, 2.24) is 25.4 Å². The number of ether oxygens (including phenoxy) is 1. The van der Waals surface area contributed by atoms with Crippen LogP contribution in [0, 0.1) is 0 Å². The number of fused-ring (bicyclic) bond motifs is 1. The first kappa shape index (κ1) is 23.9. The molecule has 1 atom stereocenters. The van der Waals surface area contributed by atoms with Gasteiger partial charge in [0.2, 0.25) is 11.9 Å². The van der Waals surface area contributed by atoms with Crippen molar-refractivity contribution in [2.24, 2.45) is 0 Å². The number of carbonyl (C=O) groups is 1. The summed E-state index contributed by atoms with van der Waals surface area (Å²) >= 11 is 1.62. The Bertz CT molecular complexity index is 1350. The van der Waals surface area contributed by atoms with E-state index in [0.29, 0.717) is 31.6 Å². The summed E-state index contributed by atoms with van der Waals surface area (Å²) in [5.41, 5.74) is 4.84. The quantitative estimate of drug-likeness (QED) is 0.254. The molecule has 3 aromatic heterocycles. The Morgan fingerprint density at radius 2 is 2.00 bits per heavy atom. The topological polar surface area (TPSA) is 129 Å². The van der Waals surface area contributed by atoms with Crippen molar-refractivity contribution in [3.63, 3.8) is 0 Å². The first-order chi connectivity index (χ1) is 17.5. The summed E-state index contributed by atoms with van der Waals surface area (Å²) in [6.45, 7) is 2.60. The van der Waals surface area contributed by atoms with E-state index in [4.69, 9.17) is 14.9 Å². The predicted octanol–water partition coefficient (Wildman–Crippen LogP) is 2.86. The minimum absolute atomic E-state index is 0.0366. The van der Waals surface area contributed by atoms with Gasteiger partial charge >= 0.3 is 0 Å². The summed E-state index contributed by atoms with van der Waals surface area (Å²) in [6, 6.07) is 10.3. The number of nitrogens with one attached hydrogen (secondary N) is 2. The summed E-state index contributed by atoms with van der Waals surface area (Å²) in [5.74, 6) is 0.513. The molecular formula is C24H26N8O3S. The maximum Gasteiger partial charge on any atom is 0.277 e. The molecular weight excluding hydrogens is 480 g/mol. The molecule has 0 saturated carbocycles. The molecule has 5 rings (SSSR count). The van der Waals surface area contributed by atoms with E-state index >= 15 is 0 Å². The van der Waals surface area contributed by atoms with Gasteiger partial charge in [0.15, 0.2) is 0 Å². The van der Waals surface area contributed by atoms with Crippen LogP contribution in [0.5, 0.6) is 0 Å². The molecule has 36 heavy (non-hydrogen) atoms. The number of nitrogens with zero attached hydrogens (tertiary/aromatic N) is 6. The minimum Gasteiger partial charge on any atom is -0.388 e. The SMILES string of the molecule is CNc1ccc(C2CN(c3ncc4sc(CN(C)c5ncc(C(=O)NO)cn5)cc4n3)CCO2)cc1. The fourth-order valence-corrected chi connectivity index (χ4v) is 5.04. The van der Waals surface area contributed by atoms with Crippen LogP contribution < -0.4 is 20.6 Å². The van der Waals surface area contributed by atoms with Crippen molar-refractivity contribution in [3.8, 4) is 0 Å². The molecule has 1 aromatic carbocycles. The molecule has 11 nitrogen and oxygen atoms in total. The lowest BCUT2D eigenvalue weighted by molar-refractivity contribution is 0.0392. The van der Waals surface area contributed by atoms with Crippen LogP contribution in [0.25, 0.3) is 10.2 Å². The Hall–Kier alpha value is -3.87. The van der Waals surface area contributed by atoms with Crippen LogP contribution in [0.3, 0.4) is 0 Å². The fourth-order valence-electron chi connectivity index (χ4n) is 4.01. The van der Waals surface area contributed by atoms with E-state index in [9.17, 15) is 4.79 Å². The lowest BCUT2D eigenvalue weighted by atomic mass is 10.1. The van der Waals surface area contributed by atoms with Crippen molar-refractivity contribution >= 4 is 45.0 Å². The fraction of sp³-hybridized carbons (Fsp3) is 0.292. The molecule has 0 bridgehead atoms. The smallest absolute Gasteiger partial charge is 0.277 e. The number of amides is 1. The monoisotopic (exact) mass is 506 g/mol. The van der Waals surface area contributed by atoms with E-state index in [-0.39, 0.29) is 11.7 Å². The highest BCUT2D eigenvalue weighted by atomic mass is 32.1. The molecule has 4 aromatic rings. The number of hydrogen-bond acceptors (Lipinski definition) is 11. The predicted molar refractivity (Wildman–Crippen MR) is 138 cm³/mol. The summed E-state index contributed by atoms with van der Waals surface area (Å²) < 4.78 is 7.03. The molecule has 0 spiro atoms. The standard InChI is InChI=1S/C24H26N8O3S/c1-25-17-5-3-15(4-6-17)20-14-32(7-8-35-20)24-28-12-21-19(29-24)9-18(36-21)13-31(2)23-26-10-16(11-27-23)22(33)30-34/h3-6,9-12,20,25,34H,7-8,13-14H2,1-2H3,(H,30,33). The zero-order valence-electron chi connectivity index (χ0n) is 19.9. The normalized spacial score (nSPS) is 15.6. The number of benzene rings is 1. The summed E-state index contributed by atoms with van der Waals surface area (Å²) in [6.07, 6.45) is 4.58. The number of rotatable bonds is 7. The van der Waals surface area contributed by atoms with Crippen LogP contribution in [0.15, 0.2) is 48.9 Å². The van der Waals surface area contributed by atoms with Crippen molar-refractivity contribution < 1.29 is 14.7 Å². The highest BCUT2D eigenvalue weighted by Crippen LogP contribution is 2.29. The van der Waals surface area contributed by atoms with Gasteiger partial charge in [-0.05, 0) is 23.8 Å². The Kier molecular flexibility index (Phi) is 6.89. The molecule has 1 amide bonds. The molecule has 0 radical (unpaired) electrons. The molecule has 1 aliphatic rings. The van der Waals surface area contributed by atoms with Crippen molar-refractivity contribution in [2.45, 2.75) is 12.6 Å². The summed E-state index contributed by atoms with van der Waals surface area (Å²) in [7, 11) is 3.78. The molecule has 1 fully saturated rings. The van der Waals surface area contributed by atoms with Gasteiger partial charge in [-0.2, -0.15) is 0 Å². The van der Waals surface area contributed by atoms with Gasteiger partial charge in [0.25, 0.3) is 5.91 Å². The summed E-state index contributed by atoms with van der Waals surface area (Å²) in [4.78, 5) is 34.5. The van der Waals surface area contributed by atoms with Crippen molar-refractivity contribution in [3.05, 3.63) is 64.9 Å². The third-order valence-corrected chi connectivity index (χ3v) is 7.01. The van der Waals surface area contributed by atoms with Gasteiger partial charge in [0.1, 0.15) is 6.10 Å². The maximum atomic E-state index is 11.5. The van der Waals surface area contributed by atoms with Gasteiger partial charge in [-0.15, -0.1) is 11.3 Å². The highest BCUT2D eigenvalue weighted by Gasteiger charge is 2.24. The molecule has 0 aliphatic carbocycles. The molecule has 3 N–H and O–H groups in total. The van der Waals surface area contributed by atoms with Gasteiger partial charge in [0.05, 0.1) is 41.7 Å². The Morgan fingerprint density at radius 1 is 1.22 bits per heavy atom. The van der Waals surface area contributed by atoms with Crippen LogP contribution in [-0.2, 0) is 11.3 Å². The van der Waals surface area contributed by atoms with Crippen LogP contribution >= 0.6 is 11.3 Å². The number of morpholine rings is 1. The average molecular weight is 507 g/mol. The first-order valence-corrected chi connectivity index (χ1v) is 12.2. The number of carbonyl (C=O) groups excluding carboxylic acids is 1. The van der Waals surface area contributed by atoms with Crippen LogP contribution in [-0.4, -0.2) is 64.8 Å². The van der Waals surface area contributed by atoms with E-state index in [2.05, 4.69) is 55.5 Å². The lowest BCUT2D eigenvalue weighted by Gasteiger charge is -2.33. The molecule has 12 heteroatoms. The van der Waals surface area contributed by atoms with Crippen LogP contribution in [0.4, 0.5) is 17.6 Å². The van der Waals surface area contributed by atoms with Crippen LogP contribution in [0.1, 0.15) is 26.9 Å². The van der Waals surface area contributed by atoms with E-state index < -0.39 is 5.91 Å². The summed E-state index contributed by atoms with van der Waals surface area (Å²) in [5, 5.41) is 11.9. The molecule has 1 aliphatic heterocycles. The van der Waals surface area contributed by atoms with Gasteiger partial charge in [-0.3, -0.25) is 10.0 Å². The zero-order valence-corrected chi connectivity index (χ0v) is 20.7. The number of hydrogen-bond donors (Lipinski definition) is 3. The number of anilines is 3. The number of aromatic nitrogens is 4. The van der Waals surface area contributed by atoms with Gasteiger partial charge < -0.3 is 19.9 Å². The van der Waals surface area contributed by atoms with E-state index in [1.54, 1.807) is 16.8 Å². The van der Waals surface area contributed by atoms with Gasteiger partial charge in [-0.1, -0.05) is 12.1 Å². The largest absolute Gasteiger partial charge is 0.388 e. The molecule has 4 heterocycles. The molecule has 1 saturated heterocycles. The molecule has 186 valence electrons. The second-order valence-electron chi connectivity index (χ2n) is 8.38. The average Bonchev–Trinajstić information content (AvgIpc) is 3.34. The zero-order chi connectivity index (χ0) is 25.1. The Morgan fingerprint density at radius 3 is 2.72 bits per heavy atom. The lowest BCUT2D eigenvalue weighted by Crippen LogP contribution is -2.39. The maximum absolute atomic E-state index is 11.5. The third-order valence-electron chi connectivity index (χ3n) is 5.97. The second kappa shape index (κ2) is 10.4. The van der Waals surface area contributed by atoms with E-state index in [0.717, 1.165) is 32.9 Å². The van der Waals surface area contributed by atoms with E-state index in [1.807, 2.05) is 25.2 Å². The first-order valence-electron chi connectivity index (χ1n) is 11.4. The minimum atomic E-state index is -0.652. The van der Waals surface area contributed by atoms with Crippen molar-refractivity contribution in [1.29, 1.82) is 0 Å². The Labute approximate surface area is 211 Å². The molecule has 1 unspecified atom stereocenters. The Balaban J connectivity index is 1.28. The van der Waals surface area contributed by atoms with Gasteiger partial charge in [-0.25, -0.2) is 25.4 Å². The van der Waals surface area contributed by atoms with Gasteiger partial charge in [0, 0.05) is 43.6 Å². The van der Waals surface area contributed by atoms with Crippen LogP contribution in [0.2, 0.25) is 0 Å². The number of thiophene rings is 1. The third kappa shape index (κ3) is 5.05. The number of hydroxylamine groups is 1.